The molecule has 4 heteroatoms. The molecule has 0 rings (SSSR count). The Morgan fingerprint density at radius 1 is 1.33 bits per heavy atom. The topological polar surface area (TPSA) is 9.23 Å². The van der Waals surface area contributed by atoms with Crippen molar-refractivity contribution < 1.29 is 8.82 Å². The van der Waals surface area contributed by atoms with Crippen LogP contribution in [0.15, 0.2) is 11.4 Å². The molecule has 0 aromatic rings. The average Bonchev–Trinajstić information content (AvgIpc) is 2.14. The third-order valence-corrected chi connectivity index (χ3v) is 8.53. The van der Waals surface area contributed by atoms with Gasteiger partial charge in [0, 0.05) is 6.61 Å². The number of hydrogen-bond acceptors (Lipinski definition) is 1. The minimum Gasteiger partial charge on any atom is -0.417 e. The summed E-state index contributed by atoms with van der Waals surface area (Å²) in [5.74, 6) is 0.544. The van der Waals surface area contributed by atoms with E-state index in [0.29, 0.717) is 12.3 Å². The predicted octanol–water partition coefficient (Wildman–Crippen LogP) is 5.86. The van der Waals surface area contributed by atoms with Gasteiger partial charge in [-0.05, 0) is 49.4 Å². The zero-order valence-corrected chi connectivity index (χ0v) is 14.4. The highest BCUT2D eigenvalue weighted by Crippen LogP contribution is 2.36. The normalized spacial score (nSPS) is 15.9. The molecule has 18 heavy (non-hydrogen) atoms. The quantitative estimate of drug-likeness (QED) is 0.534. The molecule has 108 valence electrons. The van der Waals surface area contributed by atoms with E-state index in [1.54, 1.807) is 0 Å². The standard InChI is InChI=1S/C14H28ClFOSi/c1-12(8-7-9-13(15)16)10-11-17-18(5,6)14(2,3)4/h9,12H,7-8,10-11H2,1-6H3/b13-9+/t12-/m0/s1. The first-order valence-corrected chi connectivity index (χ1v) is 10.00. The van der Waals surface area contributed by atoms with E-state index in [9.17, 15) is 4.39 Å². The second kappa shape index (κ2) is 7.66. The Labute approximate surface area is 118 Å². The molecule has 1 atom stereocenters. The molecule has 0 saturated heterocycles. The maximum atomic E-state index is 12.3. The molecule has 0 spiro atoms. The highest BCUT2D eigenvalue weighted by molar-refractivity contribution is 6.74. The van der Waals surface area contributed by atoms with Crippen LogP contribution in [0, 0.1) is 5.92 Å². The zero-order valence-electron chi connectivity index (χ0n) is 12.6. The Balaban J connectivity index is 3.88. The van der Waals surface area contributed by atoms with Crippen molar-refractivity contribution in [3.8, 4) is 0 Å². The van der Waals surface area contributed by atoms with Gasteiger partial charge in [-0.25, -0.2) is 0 Å². The molecule has 0 aromatic carbocycles. The second-order valence-electron chi connectivity index (χ2n) is 6.57. The van der Waals surface area contributed by atoms with Crippen molar-refractivity contribution in [3.05, 3.63) is 11.4 Å². The third kappa shape index (κ3) is 7.55. The summed E-state index contributed by atoms with van der Waals surface area (Å²) in [5, 5.41) is -0.333. The van der Waals surface area contributed by atoms with Gasteiger partial charge in [0.05, 0.1) is 0 Å². The lowest BCUT2D eigenvalue weighted by atomic mass is 10.0. The predicted molar refractivity (Wildman–Crippen MR) is 81.2 cm³/mol. The molecule has 0 unspecified atom stereocenters. The van der Waals surface area contributed by atoms with Crippen LogP contribution in [-0.4, -0.2) is 14.9 Å². The smallest absolute Gasteiger partial charge is 0.191 e. The number of hydrogen-bond donors (Lipinski definition) is 0. The Morgan fingerprint density at radius 2 is 1.89 bits per heavy atom. The third-order valence-electron chi connectivity index (χ3n) is 3.84. The van der Waals surface area contributed by atoms with E-state index >= 15 is 0 Å². The van der Waals surface area contributed by atoms with E-state index in [1.165, 1.54) is 6.08 Å². The van der Waals surface area contributed by atoms with E-state index < -0.39 is 13.6 Å². The van der Waals surface area contributed by atoms with Crippen LogP contribution in [0.3, 0.4) is 0 Å². The van der Waals surface area contributed by atoms with Crippen molar-refractivity contribution in [1.29, 1.82) is 0 Å². The van der Waals surface area contributed by atoms with Crippen LogP contribution >= 0.6 is 11.6 Å². The van der Waals surface area contributed by atoms with Crippen molar-refractivity contribution >= 4 is 19.9 Å². The fourth-order valence-electron chi connectivity index (χ4n) is 1.35. The van der Waals surface area contributed by atoms with Crippen molar-refractivity contribution in [2.45, 2.75) is 65.1 Å². The van der Waals surface area contributed by atoms with Gasteiger partial charge in [-0.15, -0.1) is 0 Å². The molecule has 0 aliphatic carbocycles. The van der Waals surface area contributed by atoms with Gasteiger partial charge in [-0.1, -0.05) is 39.3 Å². The van der Waals surface area contributed by atoms with Crippen LogP contribution < -0.4 is 0 Å². The molecule has 0 aromatic heterocycles. The van der Waals surface area contributed by atoms with Gasteiger partial charge >= 0.3 is 0 Å². The van der Waals surface area contributed by atoms with Gasteiger partial charge in [0.15, 0.2) is 13.6 Å². The monoisotopic (exact) mass is 294 g/mol. The van der Waals surface area contributed by atoms with Gasteiger partial charge in [-0.2, -0.15) is 4.39 Å². The fraction of sp³-hybridized carbons (Fsp3) is 0.857. The van der Waals surface area contributed by atoms with Gasteiger partial charge in [0.1, 0.15) is 0 Å². The molecule has 0 aliphatic rings. The number of allylic oxidation sites excluding steroid dienone is 1. The van der Waals surface area contributed by atoms with E-state index in [0.717, 1.165) is 19.4 Å². The molecule has 0 radical (unpaired) electrons. The Kier molecular flexibility index (Phi) is 7.72. The lowest BCUT2D eigenvalue weighted by Crippen LogP contribution is -2.41. The maximum absolute atomic E-state index is 12.3. The minimum absolute atomic E-state index is 0.265. The molecule has 0 aliphatic heterocycles. The van der Waals surface area contributed by atoms with Gasteiger partial charge in [0.25, 0.3) is 0 Å². The first-order valence-electron chi connectivity index (χ1n) is 6.71. The van der Waals surface area contributed by atoms with Gasteiger partial charge in [-0.3, -0.25) is 0 Å². The van der Waals surface area contributed by atoms with Crippen molar-refractivity contribution in [1.82, 2.24) is 0 Å². The molecular formula is C14H28ClFOSi. The highest BCUT2D eigenvalue weighted by Gasteiger charge is 2.36. The van der Waals surface area contributed by atoms with Crippen molar-refractivity contribution in [3.63, 3.8) is 0 Å². The number of halogens is 2. The van der Waals surface area contributed by atoms with Crippen LogP contribution in [0.4, 0.5) is 4.39 Å². The summed E-state index contributed by atoms with van der Waals surface area (Å²) in [6.07, 6.45) is 4.13. The molecule has 1 nitrogen and oxygen atoms in total. The van der Waals surface area contributed by atoms with Crippen LogP contribution in [0.1, 0.15) is 47.0 Å². The van der Waals surface area contributed by atoms with Crippen LogP contribution in [0.2, 0.25) is 18.1 Å². The average molecular weight is 295 g/mol. The van der Waals surface area contributed by atoms with Crippen molar-refractivity contribution in [2.24, 2.45) is 5.92 Å². The summed E-state index contributed by atoms with van der Waals surface area (Å²) in [6.45, 7) is 14.3. The molecule has 0 saturated carbocycles. The summed E-state index contributed by atoms with van der Waals surface area (Å²) in [5.41, 5.74) is 0. The Bertz CT molecular complexity index is 267. The minimum atomic E-state index is -1.61. The maximum Gasteiger partial charge on any atom is 0.191 e. The van der Waals surface area contributed by atoms with Gasteiger partial charge in [0.2, 0.25) is 0 Å². The molecule has 0 amide bonds. The fourth-order valence-corrected chi connectivity index (χ4v) is 2.52. The second-order valence-corrected chi connectivity index (χ2v) is 11.7. The van der Waals surface area contributed by atoms with E-state index in [1.807, 2.05) is 0 Å². The molecule has 0 fully saturated rings. The van der Waals surface area contributed by atoms with E-state index in [-0.39, 0.29) is 5.04 Å². The van der Waals surface area contributed by atoms with Gasteiger partial charge < -0.3 is 4.43 Å². The Hall–Kier alpha value is 0.137. The van der Waals surface area contributed by atoms with Crippen LogP contribution in [0.5, 0.6) is 0 Å². The van der Waals surface area contributed by atoms with Crippen molar-refractivity contribution in [2.75, 3.05) is 6.61 Å². The largest absolute Gasteiger partial charge is 0.417 e. The van der Waals surface area contributed by atoms with E-state index in [2.05, 4.69) is 40.8 Å². The summed E-state index contributed by atoms with van der Waals surface area (Å²) in [6, 6.07) is 0. The lowest BCUT2D eigenvalue weighted by molar-refractivity contribution is 0.257. The Morgan fingerprint density at radius 3 is 2.33 bits per heavy atom. The molecule has 0 heterocycles. The van der Waals surface area contributed by atoms with Crippen LogP contribution in [-0.2, 0) is 4.43 Å². The SMILES string of the molecule is C[C@@H](CC/C=C(/F)Cl)CCO[Si](C)(C)C(C)(C)C. The molecule has 0 N–H and O–H groups in total. The highest BCUT2D eigenvalue weighted by atomic mass is 35.5. The summed E-state index contributed by atoms with van der Waals surface area (Å²) >= 11 is 5.15. The summed E-state index contributed by atoms with van der Waals surface area (Å²) in [4.78, 5) is 0. The van der Waals surface area contributed by atoms with Crippen LogP contribution in [0.25, 0.3) is 0 Å². The number of rotatable bonds is 7. The zero-order chi connectivity index (χ0) is 14.4. The van der Waals surface area contributed by atoms with E-state index in [4.69, 9.17) is 16.0 Å². The molecular weight excluding hydrogens is 267 g/mol. The summed E-state index contributed by atoms with van der Waals surface area (Å²) < 4.78 is 18.4. The molecule has 0 bridgehead atoms. The summed E-state index contributed by atoms with van der Waals surface area (Å²) in [7, 11) is -1.61. The first kappa shape index (κ1) is 18.1. The first-order chi connectivity index (χ1) is 8.06. The lowest BCUT2D eigenvalue weighted by Gasteiger charge is -2.36.